The maximum atomic E-state index is 9.46. The summed E-state index contributed by atoms with van der Waals surface area (Å²) in [4.78, 5) is 9.49. The number of nitrogen functional groups attached to an aromatic ring is 1. The monoisotopic (exact) mass is 255 g/mol. The Balaban J connectivity index is 2.18. The van der Waals surface area contributed by atoms with Crippen molar-refractivity contribution in [2.45, 2.75) is 24.6 Å². The molecule has 2 rings (SSSR count). The van der Waals surface area contributed by atoms with Gasteiger partial charge in [-0.1, -0.05) is 18.7 Å². The van der Waals surface area contributed by atoms with Crippen molar-refractivity contribution in [3.05, 3.63) is 11.4 Å². The first kappa shape index (κ1) is 11.6. The number of thioether (sulfide) groups is 1. The van der Waals surface area contributed by atoms with E-state index in [-0.39, 0.29) is 6.10 Å². The number of hydrogen-bond acceptors (Lipinski definition) is 6. The summed E-state index contributed by atoms with van der Waals surface area (Å²) in [5, 5.41) is 13.0. The molecule has 0 aromatic carbocycles. The smallest absolute Gasteiger partial charge is 0.190 e. The van der Waals surface area contributed by atoms with Crippen LogP contribution in [0, 0.1) is 0 Å². The molecule has 1 atom stereocenters. The van der Waals surface area contributed by atoms with Gasteiger partial charge in [0.25, 0.3) is 0 Å². The maximum absolute atomic E-state index is 9.46. The minimum atomic E-state index is -0.311. The Bertz CT molecular complexity index is 486. The Morgan fingerprint density at radius 1 is 1.56 bits per heavy atom. The number of aliphatic hydroxyl groups is 1. The second kappa shape index (κ2) is 4.99. The van der Waals surface area contributed by atoms with Crippen LogP contribution < -0.4 is 5.73 Å². The number of fused-ring (bicyclic) bond motifs is 1. The third-order valence-corrected chi connectivity index (χ3v) is 4.01. The Labute approximate surface area is 102 Å². The summed E-state index contributed by atoms with van der Waals surface area (Å²) in [6.45, 7) is 1.95. The first-order valence-electron chi connectivity index (χ1n) is 5.02. The molecule has 0 saturated carbocycles. The molecule has 0 spiro atoms. The summed E-state index contributed by atoms with van der Waals surface area (Å²) in [6, 6.07) is 1.92. The molecule has 2 aromatic rings. The Hall–Kier alpha value is -0.850. The highest BCUT2D eigenvalue weighted by molar-refractivity contribution is 7.99. The Kier molecular flexibility index (Phi) is 3.63. The van der Waals surface area contributed by atoms with Gasteiger partial charge in [-0.3, -0.25) is 0 Å². The van der Waals surface area contributed by atoms with Crippen LogP contribution in [-0.4, -0.2) is 26.9 Å². The van der Waals surface area contributed by atoms with Gasteiger partial charge in [-0.25, -0.2) is 9.97 Å². The van der Waals surface area contributed by atoms with Crippen molar-refractivity contribution in [2.24, 2.45) is 0 Å². The van der Waals surface area contributed by atoms with E-state index in [0.29, 0.717) is 16.7 Å². The first-order valence-corrected chi connectivity index (χ1v) is 6.88. The minimum absolute atomic E-state index is 0.311. The van der Waals surface area contributed by atoms with Gasteiger partial charge in [-0.15, -0.1) is 11.3 Å². The highest BCUT2D eigenvalue weighted by Crippen LogP contribution is 2.26. The zero-order chi connectivity index (χ0) is 11.5. The second-order valence-corrected chi connectivity index (χ2v) is 5.29. The summed E-state index contributed by atoms with van der Waals surface area (Å²) in [7, 11) is 0. The molecule has 86 valence electrons. The van der Waals surface area contributed by atoms with Crippen LogP contribution in [0.2, 0.25) is 0 Å². The van der Waals surface area contributed by atoms with Gasteiger partial charge in [0.05, 0.1) is 11.5 Å². The van der Waals surface area contributed by atoms with E-state index in [1.165, 1.54) is 11.8 Å². The molecule has 16 heavy (non-hydrogen) atoms. The maximum Gasteiger partial charge on any atom is 0.190 e. The average Bonchev–Trinajstić information content (AvgIpc) is 2.74. The first-order chi connectivity index (χ1) is 7.70. The van der Waals surface area contributed by atoms with Gasteiger partial charge in [-0.2, -0.15) is 0 Å². The molecular weight excluding hydrogens is 242 g/mol. The van der Waals surface area contributed by atoms with Crippen LogP contribution in [0.5, 0.6) is 0 Å². The molecule has 0 fully saturated rings. The zero-order valence-corrected chi connectivity index (χ0v) is 10.5. The molecule has 1 unspecified atom stereocenters. The normalized spacial score (nSPS) is 13.1. The third kappa shape index (κ3) is 2.45. The zero-order valence-electron chi connectivity index (χ0n) is 8.88. The number of aliphatic hydroxyl groups excluding tert-OH is 1. The van der Waals surface area contributed by atoms with Gasteiger partial charge in [0.15, 0.2) is 5.16 Å². The van der Waals surface area contributed by atoms with E-state index in [2.05, 4.69) is 9.97 Å². The lowest BCUT2D eigenvalue weighted by molar-refractivity contribution is 0.195. The molecule has 0 bridgehead atoms. The number of hydrogen-bond donors (Lipinski definition) is 2. The Morgan fingerprint density at radius 2 is 2.38 bits per heavy atom. The summed E-state index contributed by atoms with van der Waals surface area (Å²) in [6.07, 6.45) is 0.429. The van der Waals surface area contributed by atoms with E-state index in [9.17, 15) is 5.11 Å². The number of rotatable bonds is 4. The van der Waals surface area contributed by atoms with Gasteiger partial charge in [-0.05, 0) is 17.9 Å². The van der Waals surface area contributed by atoms with Gasteiger partial charge in [0.2, 0.25) is 0 Å². The summed E-state index contributed by atoms with van der Waals surface area (Å²) < 4.78 is 0. The molecule has 0 aliphatic rings. The number of nitrogens with two attached hydrogens (primary N) is 1. The van der Waals surface area contributed by atoms with Gasteiger partial charge >= 0.3 is 0 Å². The van der Waals surface area contributed by atoms with E-state index in [1.807, 2.05) is 18.4 Å². The fourth-order valence-electron chi connectivity index (χ4n) is 1.21. The van der Waals surface area contributed by atoms with E-state index >= 15 is 0 Å². The van der Waals surface area contributed by atoms with Crippen LogP contribution in [0.3, 0.4) is 0 Å². The van der Waals surface area contributed by atoms with Crippen molar-refractivity contribution in [3.63, 3.8) is 0 Å². The quantitative estimate of drug-likeness (QED) is 0.647. The summed E-state index contributed by atoms with van der Waals surface area (Å²) in [5.41, 5.74) is 5.82. The molecule has 0 aliphatic carbocycles. The van der Waals surface area contributed by atoms with Crippen molar-refractivity contribution in [3.8, 4) is 0 Å². The highest BCUT2D eigenvalue weighted by Gasteiger charge is 2.08. The van der Waals surface area contributed by atoms with E-state index < -0.39 is 0 Å². The van der Waals surface area contributed by atoms with Crippen LogP contribution >= 0.6 is 23.1 Å². The van der Waals surface area contributed by atoms with E-state index in [0.717, 1.165) is 16.6 Å². The lowest BCUT2D eigenvalue weighted by atomic mass is 10.3. The highest BCUT2D eigenvalue weighted by atomic mass is 32.2. The number of aromatic nitrogens is 2. The molecule has 0 amide bonds. The number of thiophene rings is 1. The van der Waals surface area contributed by atoms with Crippen LogP contribution in [0.15, 0.2) is 16.6 Å². The molecular formula is C10H13N3OS2. The van der Waals surface area contributed by atoms with Gasteiger partial charge in [0.1, 0.15) is 10.6 Å². The second-order valence-electron chi connectivity index (χ2n) is 3.40. The molecule has 4 nitrogen and oxygen atoms in total. The van der Waals surface area contributed by atoms with Crippen LogP contribution in [0.4, 0.5) is 5.82 Å². The molecule has 0 radical (unpaired) electrons. The largest absolute Gasteiger partial charge is 0.392 e. The molecule has 3 N–H and O–H groups in total. The topological polar surface area (TPSA) is 72.0 Å². The molecule has 6 heteroatoms. The lowest BCUT2D eigenvalue weighted by Crippen LogP contribution is -2.08. The molecule has 0 aliphatic heterocycles. The average molecular weight is 255 g/mol. The predicted octanol–water partition coefficient (Wildman–Crippen LogP) is 2.14. The van der Waals surface area contributed by atoms with Crippen LogP contribution in [0.1, 0.15) is 13.3 Å². The van der Waals surface area contributed by atoms with E-state index in [1.54, 1.807) is 11.3 Å². The van der Waals surface area contributed by atoms with Gasteiger partial charge < -0.3 is 10.8 Å². The van der Waals surface area contributed by atoms with Crippen LogP contribution in [-0.2, 0) is 0 Å². The minimum Gasteiger partial charge on any atom is -0.392 e. The predicted molar refractivity (Wildman–Crippen MR) is 68.8 cm³/mol. The molecule has 2 aromatic heterocycles. The Morgan fingerprint density at radius 3 is 3.12 bits per heavy atom. The fraction of sp³-hybridized carbons (Fsp3) is 0.400. The van der Waals surface area contributed by atoms with Gasteiger partial charge in [0, 0.05) is 5.75 Å². The van der Waals surface area contributed by atoms with E-state index in [4.69, 9.17) is 5.73 Å². The molecule has 0 saturated heterocycles. The van der Waals surface area contributed by atoms with Crippen molar-refractivity contribution in [1.82, 2.24) is 9.97 Å². The van der Waals surface area contributed by atoms with Crippen molar-refractivity contribution in [2.75, 3.05) is 11.5 Å². The standard InChI is InChI=1S/C10H13N3OS2/c1-2-6(14)5-16-10-12-8(11)7-3-4-15-9(7)13-10/h3-4,6,14H,2,5H2,1H3,(H2,11,12,13). The summed E-state index contributed by atoms with van der Waals surface area (Å²) >= 11 is 2.99. The third-order valence-electron chi connectivity index (χ3n) is 2.21. The SMILES string of the molecule is CCC(O)CSc1nc(N)c2ccsc2n1. The summed E-state index contributed by atoms with van der Waals surface area (Å²) in [5.74, 6) is 1.12. The fourth-order valence-corrected chi connectivity index (χ4v) is 2.94. The number of nitrogens with zero attached hydrogens (tertiary/aromatic N) is 2. The number of anilines is 1. The van der Waals surface area contributed by atoms with Crippen molar-refractivity contribution in [1.29, 1.82) is 0 Å². The lowest BCUT2D eigenvalue weighted by Gasteiger charge is -2.06. The molecule has 2 heterocycles. The van der Waals surface area contributed by atoms with Crippen molar-refractivity contribution >= 4 is 39.1 Å². The van der Waals surface area contributed by atoms with Crippen molar-refractivity contribution < 1.29 is 5.11 Å². The van der Waals surface area contributed by atoms with Crippen LogP contribution in [0.25, 0.3) is 10.2 Å².